The molecule has 0 aliphatic heterocycles. The van der Waals surface area contributed by atoms with Crippen LogP contribution in [-0.4, -0.2) is 4.98 Å². The van der Waals surface area contributed by atoms with E-state index < -0.39 is 0 Å². The molecule has 0 aliphatic carbocycles. The Morgan fingerprint density at radius 1 is 1.16 bits per heavy atom. The third-order valence-corrected chi connectivity index (χ3v) is 4.06. The molecule has 3 aromatic rings. The first-order valence-corrected chi connectivity index (χ1v) is 6.67. The number of hydrogen-bond acceptors (Lipinski definition) is 4. The van der Waals surface area contributed by atoms with Gasteiger partial charge in [-0.2, -0.15) is 5.26 Å². The number of pyridine rings is 1. The van der Waals surface area contributed by atoms with Gasteiger partial charge < -0.3 is 5.73 Å². The average Bonchev–Trinajstić information content (AvgIpc) is 2.76. The number of rotatable bonds is 1. The highest BCUT2D eigenvalue weighted by molar-refractivity contribution is 7.19. The molecule has 0 atom stereocenters. The maximum atomic E-state index is 8.99. The Kier molecular flexibility index (Phi) is 2.69. The van der Waals surface area contributed by atoms with E-state index in [0.717, 1.165) is 21.5 Å². The Balaban J connectivity index is 2.17. The summed E-state index contributed by atoms with van der Waals surface area (Å²) in [5.74, 6) is 0. The fraction of sp³-hybridized carbons (Fsp3) is 0.0667. The number of anilines is 1. The van der Waals surface area contributed by atoms with Crippen LogP contribution in [0.3, 0.4) is 0 Å². The lowest BCUT2D eigenvalue weighted by molar-refractivity contribution is 1.40. The molecule has 3 rings (SSSR count). The Morgan fingerprint density at radius 3 is 2.58 bits per heavy atom. The number of nitrogens with two attached hydrogens (primary N) is 1. The molecule has 2 N–H and O–H groups in total. The van der Waals surface area contributed by atoms with Gasteiger partial charge in [-0.3, -0.25) is 0 Å². The van der Waals surface area contributed by atoms with Gasteiger partial charge >= 0.3 is 0 Å². The first-order valence-electron chi connectivity index (χ1n) is 5.85. The number of benzene rings is 1. The van der Waals surface area contributed by atoms with Gasteiger partial charge in [-0.05, 0) is 19.1 Å². The summed E-state index contributed by atoms with van der Waals surface area (Å²) in [4.78, 5) is 5.94. The second-order valence-electron chi connectivity index (χ2n) is 4.37. The lowest BCUT2D eigenvalue weighted by Crippen LogP contribution is -1.86. The number of nitrogens with zero attached hydrogens (tertiary/aromatic N) is 2. The summed E-state index contributed by atoms with van der Waals surface area (Å²) < 4.78 is 0. The van der Waals surface area contributed by atoms with Gasteiger partial charge in [0.2, 0.25) is 0 Å². The van der Waals surface area contributed by atoms with Crippen molar-refractivity contribution in [3.05, 3.63) is 46.8 Å². The summed E-state index contributed by atoms with van der Waals surface area (Å²) in [6, 6.07) is 14.2. The molecule has 0 radical (unpaired) electrons. The molecule has 0 amide bonds. The van der Waals surface area contributed by atoms with Crippen molar-refractivity contribution in [2.75, 3.05) is 5.73 Å². The molecule has 0 spiro atoms. The Labute approximate surface area is 114 Å². The number of fused-ring (bicyclic) bond motifs is 1. The molecule has 1 aromatic carbocycles. The van der Waals surface area contributed by atoms with Crippen molar-refractivity contribution in [3.63, 3.8) is 0 Å². The predicted molar refractivity (Wildman–Crippen MR) is 78.9 cm³/mol. The zero-order chi connectivity index (χ0) is 13.4. The van der Waals surface area contributed by atoms with Crippen molar-refractivity contribution < 1.29 is 0 Å². The first-order chi connectivity index (χ1) is 9.19. The highest BCUT2D eigenvalue weighted by Gasteiger charge is 2.11. The van der Waals surface area contributed by atoms with Crippen molar-refractivity contribution in [2.24, 2.45) is 0 Å². The molecule has 0 fully saturated rings. The van der Waals surface area contributed by atoms with Crippen LogP contribution in [0.4, 0.5) is 5.69 Å². The van der Waals surface area contributed by atoms with Gasteiger partial charge in [-0.15, -0.1) is 11.3 Å². The van der Waals surface area contributed by atoms with E-state index in [-0.39, 0.29) is 0 Å². The molecule has 0 saturated carbocycles. The topological polar surface area (TPSA) is 62.7 Å². The zero-order valence-electron chi connectivity index (χ0n) is 10.3. The van der Waals surface area contributed by atoms with E-state index in [0.29, 0.717) is 10.6 Å². The second kappa shape index (κ2) is 4.38. The molecule has 19 heavy (non-hydrogen) atoms. The van der Waals surface area contributed by atoms with Gasteiger partial charge in [0.05, 0.1) is 11.4 Å². The van der Waals surface area contributed by atoms with Crippen LogP contribution in [-0.2, 0) is 0 Å². The van der Waals surface area contributed by atoms with Crippen LogP contribution in [0.2, 0.25) is 0 Å². The molecule has 0 aliphatic rings. The molecule has 0 bridgehead atoms. The molecule has 2 heterocycles. The summed E-state index contributed by atoms with van der Waals surface area (Å²) in [5.41, 5.74) is 9.63. The molecule has 0 saturated heterocycles. The van der Waals surface area contributed by atoms with Crippen molar-refractivity contribution in [3.8, 4) is 17.3 Å². The average molecular weight is 265 g/mol. The normalized spacial score (nSPS) is 10.5. The van der Waals surface area contributed by atoms with E-state index in [1.807, 2.05) is 24.3 Å². The van der Waals surface area contributed by atoms with Gasteiger partial charge in [0.15, 0.2) is 0 Å². The van der Waals surface area contributed by atoms with Crippen molar-refractivity contribution in [2.45, 2.75) is 6.92 Å². The number of hydrogen-bond donors (Lipinski definition) is 1. The van der Waals surface area contributed by atoms with Gasteiger partial charge in [-0.1, -0.05) is 29.8 Å². The van der Waals surface area contributed by atoms with Crippen LogP contribution in [0.25, 0.3) is 21.5 Å². The van der Waals surface area contributed by atoms with Gasteiger partial charge in [0.25, 0.3) is 0 Å². The predicted octanol–water partition coefficient (Wildman–Crippen LogP) is 3.73. The van der Waals surface area contributed by atoms with Crippen LogP contribution >= 0.6 is 11.3 Å². The fourth-order valence-corrected chi connectivity index (χ4v) is 2.86. The van der Waals surface area contributed by atoms with Gasteiger partial charge in [-0.25, -0.2) is 4.98 Å². The summed E-state index contributed by atoms with van der Waals surface area (Å²) in [7, 11) is 0. The maximum absolute atomic E-state index is 8.99. The largest absolute Gasteiger partial charge is 0.396 e. The van der Waals surface area contributed by atoms with Crippen molar-refractivity contribution in [1.82, 2.24) is 4.98 Å². The number of thiophene rings is 1. The molecule has 0 unspecified atom stereocenters. The standard InChI is InChI=1S/C15H11N3S/c1-9-2-4-10(5-3-9)12-7-6-11-14(17)13(8-16)19-15(11)18-12/h2-7H,17H2,1H3. The highest BCUT2D eigenvalue weighted by Crippen LogP contribution is 2.33. The van der Waals surface area contributed by atoms with Crippen LogP contribution in [0, 0.1) is 18.3 Å². The molecule has 4 heteroatoms. The Morgan fingerprint density at radius 2 is 1.89 bits per heavy atom. The third kappa shape index (κ3) is 1.94. The smallest absolute Gasteiger partial charge is 0.130 e. The lowest BCUT2D eigenvalue weighted by atomic mass is 10.1. The fourth-order valence-electron chi connectivity index (χ4n) is 1.97. The number of nitriles is 1. The summed E-state index contributed by atoms with van der Waals surface area (Å²) in [5, 5.41) is 9.85. The number of aromatic nitrogens is 1. The maximum Gasteiger partial charge on any atom is 0.130 e. The lowest BCUT2D eigenvalue weighted by Gasteiger charge is -2.01. The monoisotopic (exact) mass is 265 g/mol. The van der Waals surface area contributed by atoms with Gasteiger partial charge in [0.1, 0.15) is 15.8 Å². The van der Waals surface area contributed by atoms with Crippen molar-refractivity contribution in [1.29, 1.82) is 5.26 Å². The molecule has 3 nitrogen and oxygen atoms in total. The highest BCUT2D eigenvalue weighted by atomic mass is 32.1. The van der Waals surface area contributed by atoms with E-state index in [1.165, 1.54) is 16.9 Å². The van der Waals surface area contributed by atoms with Gasteiger partial charge in [0, 0.05) is 10.9 Å². The minimum atomic E-state index is 0.531. The summed E-state index contributed by atoms with van der Waals surface area (Å²) in [6.45, 7) is 2.06. The van der Waals surface area contributed by atoms with Crippen LogP contribution in [0.1, 0.15) is 10.4 Å². The Hall–Kier alpha value is -2.38. The van der Waals surface area contributed by atoms with Crippen LogP contribution < -0.4 is 5.73 Å². The Bertz CT molecular complexity index is 795. The molecular formula is C15H11N3S. The first kappa shape index (κ1) is 11.7. The van der Waals surface area contributed by atoms with E-state index in [1.54, 1.807) is 0 Å². The van der Waals surface area contributed by atoms with Crippen molar-refractivity contribution >= 4 is 27.2 Å². The third-order valence-electron chi connectivity index (χ3n) is 3.04. The molecule has 2 aromatic heterocycles. The second-order valence-corrected chi connectivity index (χ2v) is 5.37. The summed E-state index contributed by atoms with van der Waals surface area (Å²) >= 11 is 1.34. The van der Waals surface area contributed by atoms with Crippen LogP contribution in [0.5, 0.6) is 0 Å². The van der Waals surface area contributed by atoms with Crippen LogP contribution in [0.15, 0.2) is 36.4 Å². The molecule has 92 valence electrons. The number of aryl methyl sites for hydroxylation is 1. The summed E-state index contributed by atoms with van der Waals surface area (Å²) in [6.07, 6.45) is 0. The van der Waals surface area contributed by atoms with E-state index in [2.05, 4.69) is 30.1 Å². The molecular weight excluding hydrogens is 254 g/mol. The van der Waals surface area contributed by atoms with E-state index in [4.69, 9.17) is 11.0 Å². The van der Waals surface area contributed by atoms with E-state index in [9.17, 15) is 0 Å². The van der Waals surface area contributed by atoms with E-state index >= 15 is 0 Å². The zero-order valence-corrected chi connectivity index (χ0v) is 11.2. The number of nitrogen functional groups attached to an aromatic ring is 1. The quantitative estimate of drug-likeness (QED) is 0.729. The minimum Gasteiger partial charge on any atom is -0.396 e. The minimum absolute atomic E-state index is 0.531. The SMILES string of the molecule is Cc1ccc(-c2ccc3c(N)c(C#N)sc3n2)cc1.